The Morgan fingerprint density at radius 1 is 0.514 bits per heavy atom. The molecule has 4 aromatic carbocycles. The summed E-state index contributed by atoms with van der Waals surface area (Å²) in [6.07, 6.45) is -9.69. The lowest BCUT2D eigenvalue weighted by Gasteiger charge is -2.39. The van der Waals surface area contributed by atoms with Gasteiger partial charge in [-0.25, -0.2) is 27.8 Å². The Bertz CT molecular complexity index is 2380. The highest BCUT2D eigenvalue weighted by Gasteiger charge is 2.54. The fourth-order valence-electron chi connectivity index (χ4n) is 7.67. The molecule has 0 spiro atoms. The van der Waals surface area contributed by atoms with Crippen LogP contribution in [0.1, 0.15) is 25.7 Å². The van der Waals surface area contributed by atoms with Gasteiger partial charge in [-0.3, -0.25) is 20.0 Å². The summed E-state index contributed by atoms with van der Waals surface area (Å²) in [5.74, 6) is -1.95. The van der Waals surface area contributed by atoms with Crippen LogP contribution in [-0.4, -0.2) is 138 Å². The Morgan fingerprint density at radius 2 is 0.771 bits per heavy atom. The van der Waals surface area contributed by atoms with Gasteiger partial charge in [-0.2, -0.15) is 0 Å². The van der Waals surface area contributed by atoms with Gasteiger partial charge in [0.25, 0.3) is 11.8 Å². The zero-order chi connectivity index (χ0) is 51.4. The number of ether oxygens (including phenoxy) is 6. The Labute approximate surface area is 398 Å². The number of piperidine rings is 2. The first-order valence-electron chi connectivity index (χ1n) is 21.1. The van der Waals surface area contributed by atoms with Crippen molar-refractivity contribution in [1.29, 1.82) is 0 Å². The second-order valence-corrected chi connectivity index (χ2v) is 20.3. The number of rotatable bonds is 18. The van der Waals surface area contributed by atoms with Crippen molar-refractivity contribution >= 4 is 31.5 Å². The molecule has 2 amide bonds. The molecule has 70 heavy (non-hydrogen) atoms. The maximum absolute atomic E-state index is 13.5. The van der Waals surface area contributed by atoms with Gasteiger partial charge >= 0.3 is 12.7 Å². The molecular weight excluding hydrogens is 987 g/mol. The summed E-state index contributed by atoms with van der Waals surface area (Å²) in [5.41, 5.74) is 3.01. The van der Waals surface area contributed by atoms with Gasteiger partial charge in [-0.1, -0.05) is 0 Å². The molecule has 4 aromatic rings. The zero-order valence-electron chi connectivity index (χ0n) is 37.5. The lowest BCUT2D eigenvalue weighted by Crippen LogP contribution is -2.57. The molecule has 26 heteroatoms. The Balaban J connectivity index is 0.000000261. The van der Waals surface area contributed by atoms with Crippen LogP contribution in [0.3, 0.4) is 0 Å². The van der Waals surface area contributed by atoms with Gasteiger partial charge in [0.1, 0.15) is 34.5 Å². The number of alkyl halides is 6. The molecular formula is C44H50F6N4O14S2. The highest BCUT2D eigenvalue weighted by atomic mass is 32.2. The SMILES string of the molecule is COCCN1CCC(C(=O)NO)(S(=O)(=O)c2ccc(Oc3ccc(OC(F)(F)F)cc3)cc2)CC1.COCCN1CCC(C(=O)NO)(S(=O)(=O)c2ccc(Oc3ccc(OC(F)(F)F)cc3)cc2)CC1. The largest absolute Gasteiger partial charge is 0.573 e. The zero-order valence-corrected chi connectivity index (χ0v) is 39.1. The minimum Gasteiger partial charge on any atom is -0.457 e. The number of sulfone groups is 2. The first-order chi connectivity index (χ1) is 33.0. The molecule has 2 aliphatic heterocycles. The maximum Gasteiger partial charge on any atom is 0.573 e. The van der Waals surface area contributed by atoms with E-state index in [1.54, 1.807) is 14.2 Å². The summed E-state index contributed by atoms with van der Waals surface area (Å²) < 4.78 is 153. The van der Waals surface area contributed by atoms with E-state index in [-0.39, 0.29) is 58.5 Å². The molecule has 0 aliphatic carbocycles. The number of carbonyl (C=O) groups is 2. The van der Waals surface area contributed by atoms with E-state index in [1.807, 2.05) is 9.80 Å². The fraction of sp³-hybridized carbons (Fsp3) is 0.409. The number of nitrogens with zero attached hydrogens (tertiary/aromatic N) is 2. The van der Waals surface area contributed by atoms with Gasteiger partial charge in [-0.15, -0.1) is 26.3 Å². The first kappa shape index (κ1) is 55.2. The first-order valence-corrected chi connectivity index (χ1v) is 24.1. The number of nitrogens with one attached hydrogen (secondary N) is 2. The summed E-state index contributed by atoms with van der Waals surface area (Å²) in [5, 5.41) is 18.5. The van der Waals surface area contributed by atoms with E-state index in [0.717, 1.165) is 24.3 Å². The van der Waals surface area contributed by atoms with Gasteiger partial charge in [-0.05, 0) is 123 Å². The summed E-state index contributed by atoms with van der Waals surface area (Å²) >= 11 is 0. The molecule has 0 bridgehead atoms. The Kier molecular flexibility index (Phi) is 18.5. The predicted molar refractivity (Wildman–Crippen MR) is 234 cm³/mol. The van der Waals surface area contributed by atoms with Crippen LogP contribution in [0.25, 0.3) is 0 Å². The monoisotopic (exact) mass is 1040 g/mol. The molecule has 0 radical (unpaired) electrons. The van der Waals surface area contributed by atoms with E-state index >= 15 is 0 Å². The molecule has 0 unspecified atom stereocenters. The van der Waals surface area contributed by atoms with Crippen LogP contribution < -0.4 is 29.9 Å². The standard InChI is InChI=1S/2C22H25F3N2O7S/c2*1-32-15-14-27-12-10-21(11-13-27,20(28)26-29)35(30,31)19-8-6-17(7-9-19)33-16-2-4-18(5-3-16)34-22(23,24)25/h2*2-9,29H,10-15H2,1H3,(H,26,28). The average molecular weight is 1040 g/mol. The molecule has 18 nitrogen and oxygen atoms in total. The van der Waals surface area contributed by atoms with Crippen LogP contribution >= 0.6 is 0 Å². The number of hydrogen-bond donors (Lipinski definition) is 4. The topological polar surface area (TPSA) is 229 Å². The van der Waals surface area contributed by atoms with E-state index < -0.39 is 65.2 Å². The van der Waals surface area contributed by atoms with Crippen molar-refractivity contribution in [3.63, 3.8) is 0 Å². The normalized spacial score (nSPS) is 16.5. The second-order valence-electron chi connectivity index (χ2n) is 15.7. The van der Waals surface area contributed by atoms with Crippen molar-refractivity contribution in [2.75, 3.05) is 66.7 Å². The van der Waals surface area contributed by atoms with Crippen molar-refractivity contribution in [2.45, 2.75) is 57.7 Å². The lowest BCUT2D eigenvalue weighted by molar-refractivity contribution is -0.275. The number of carbonyl (C=O) groups excluding carboxylic acids is 2. The minimum absolute atomic E-state index is 0.0178. The van der Waals surface area contributed by atoms with Gasteiger partial charge < -0.3 is 38.2 Å². The lowest BCUT2D eigenvalue weighted by atomic mass is 9.95. The number of methoxy groups -OCH3 is 2. The fourth-order valence-corrected chi connectivity index (χ4v) is 11.6. The van der Waals surface area contributed by atoms with Gasteiger partial charge in [0.05, 0.1) is 23.0 Å². The highest BCUT2D eigenvalue weighted by Crippen LogP contribution is 2.39. The van der Waals surface area contributed by atoms with Crippen LogP contribution in [-0.2, 0) is 38.7 Å². The van der Waals surface area contributed by atoms with Crippen LogP contribution in [0.5, 0.6) is 34.5 Å². The number of amides is 2. The van der Waals surface area contributed by atoms with Crippen molar-refractivity contribution in [1.82, 2.24) is 20.8 Å². The molecule has 2 fully saturated rings. The molecule has 0 saturated carbocycles. The smallest absolute Gasteiger partial charge is 0.457 e. The third-order valence-electron chi connectivity index (χ3n) is 11.5. The Hall–Kier alpha value is -5.74. The molecule has 0 atom stereocenters. The number of likely N-dealkylation sites (tertiary alicyclic amines) is 2. The summed E-state index contributed by atoms with van der Waals surface area (Å²) in [4.78, 5) is 28.8. The predicted octanol–water partition coefficient (Wildman–Crippen LogP) is 6.28. The van der Waals surface area contributed by atoms with E-state index in [0.29, 0.717) is 52.5 Å². The molecule has 4 N–H and O–H groups in total. The summed E-state index contributed by atoms with van der Waals surface area (Å²) in [7, 11) is -5.28. The molecule has 384 valence electrons. The number of hydroxylamine groups is 2. The third kappa shape index (κ3) is 13.8. The average Bonchev–Trinajstić information content (AvgIpc) is 3.33. The quantitative estimate of drug-likeness (QED) is 0.0489. The molecule has 2 saturated heterocycles. The van der Waals surface area contributed by atoms with Crippen molar-refractivity contribution < 1.29 is 91.6 Å². The van der Waals surface area contributed by atoms with E-state index in [1.165, 1.54) is 83.8 Å². The van der Waals surface area contributed by atoms with Gasteiger partial charge in [0.2, 0.25) is 0 Å². The van der Waals surface area contributed by atoms with Gasteiger partial charge in [0.15, 0.2) is 29.2 Å². The van der Waals surface area contributed by atoms with Crippen LogP contribution in [0, 0.1) is 0 Å². The van der Waals surface area contributed by atoms with Crippen molar-refractivity contribution in [2.24, 2.45) is 0 Å². The van der Waals surface area contributed by atoms with E-state index in [9.17, 15) is 63.2 Å². The molecule has 2 heterocycles. The molecule has 2 aliphatic rings. The van der Waals surface area contributed by atoms with Crippen LogP contribution in [0.4, 0.5) is 26.3 Å². The minimum atomic E-state index is -4.81. The number of halogens is 6. The highest BCUT2D eigenvalue weighted by molar-refractivity contribution is 7.94. The van der Waals surface area contributed by atoms with Gasteiger partial charge in [0, 0.05) is 53.5 Å². The Morgan fingerprint density at radius 3 is 1.01 bits per heavy atom. The van der Waals surface area contributed by atoms with Crippen molar-refractivity contribution in [3.05, 3.63) is 97.1 Å². The van der Waals surface area contributed by atoms with Crippen molar-refractivity contribution in [3.8, 4) is 34.5 Å². The summed E-state index contributed by atoms with van der Waals surface area (Å²) in [6, 6.07) is 20.0. The summed E-state index contributed by atoms with van der Waals surface area (Å²) in [6.45, 7) is 3.40. The second kappa shape index (κ2) is 23.4. The molecule has 0 aromatic heterocycles. The van der Waals surface area contributed by atoms with E-state index in [2.05, 4.69) is 9.47 Å². The third-order valence-corrected chi connectivity index (χ3v) is 16.5. The maximum atomic E-state index is 13.5. The molecule has 6 rings (SSSR count). The number of hydrogen-bond acceptors (Lipinski definition) is 16. The van der Waals surface area contributed by atoms with E-state index in [4.69, 9.17) is 18.9 Å². The van der Waals surface area contributed by atoms with Crippen LogP contribution in [0.2, 0.25) is 0 Å². The number of benzene rings is 4. The van der Waals surface area contributed by atoms with Crippen LogP contribution in [0.15, 0.2) is 107 Å².